The number of anilines is 1. The molecule has 1 amide bonds. The van der Waals surface area contributed by atoms with Gasteiger partial charge < -0.3 is 5.32 Å². The first-order valence-electron chi connectivity index (χ1n) is 6.21. The Labute approximate surface area is 118 Å². The summed E-state index contributed by atoms with van der Waals surface area (Å²) in [5.41, 5.74) is 0.662. The molecule has 0 saturated heterocycles. The molecule has 0 heterocycles. The quantitative estimate of drug-likeness (QED) is 0.919. The minimum atomic E-state index is -3.41. The van der Waals surface area contributed by atoms with Crippen molar-refractivity contribution in [1.29, 1.82) is 0 Å². The van der Waals surface area contributed by atoms with Crippen molar-refractivity contribution in [3.8, 4) is 0 Å². The number of para-hydroxylation sites is 1. The zero-order valence-corrected chi connectivity index (χ0v) is 11.6. The van der Waals surface area contributed by atoms with E-state index in [0.29, 0.717) is 5.69 Å². The Kier molecular flexibility index (Phi) is 4.53. The highest BCUT2D eigenvalue weighted by Crippen LogP contribution is 2.12. The van der Waals surface area contributed by atoms with Crippen LogP contribution in [0.5, 0.6) is 0 Å². The lowest BCUT2D eigenvalue weighted by molar-refractivity contribution is -0.115. The molecule has 0 radical (unpaired) electrons. The van der Waals surface area contributed by atoms with Gasteiger partial charge in [0.2, 0.25) is 5.91 Å². The normalized spacial score (nSPS) is 11.0. The van der Waals surface area contributed by atoms with E-state index >= 15 is 0 Å². The zero-order valence-electron chi connectivity index (χ0n) is 10.8. The van der Waals surface area contributed by atoms with Gasteiger partial charge in [-0.25, -0.2) is 8.42 Å². The Morgan fingerprint density at radius 3 is 2.05 bits per heavy atom. The van der Waals surface area contributed by atoms with Gasteiger partial charge in [0.1, 0.15) is 0 Å². The van der Waals surface area contributed by atoms with Gasteiger partial charge in [-0.1, -0.05) is 36.4 Å². The minimum absolute atomic E-state index is 0.0634. The van der Waals surface area contributed by atoms with Crippen molar-refractivity contribution in [1.82, 2.24) is 0 Å². The topological polar surface area (TPSA) is 63.2 Å². The molecule has 0 spiro atoms. The molecule has 5 heteroatoms. The molecule has 1 N–H and O–H groups in total. The monoisotopic (exact) mass is 289 g/mol. The molecule has 0 aliphatic heterocycles. The van der Waals surface area contributed by atoms with Gasteiger partial charge in [-0.05, 0) is 24.3 Å². The molecule has 20 heavy (non-hydrogen) atoms. The highest BCUT2D eigenvalue weighted by Gasteiger charge is 2.15. The lowest BCUT2D eigenvalue weighted by Gasteiger charge is -2.06. The number of rotatable bonds is 5. The van der Waals surface area contributed by atoms with Crippen molar-refractivity contribution >= 4 is 21.4 Å². The molecule has 0 saturated carbocycles. The first-order chi connectivity index (χ1) is 9.58. The van der Waals surface area contributed by atoms with Crippen LogP contribution in [-0.4, -0.2) is 20.1 Å². The van der Waals surface area contributed by atoms with Crippen LogP contribution in [-0.2, 0) is 14.6 Å². The van der Waals surface area contributed by atoms with Gasteiger partial charge in [-0.2, -0.15) is 0 Å². The van der Waals surface area contributed by atoms with E-state index in [-0.39, 0.29) is 23.0 Å². The number of carbonyl (C=O) groups is 1. The molecule has 4 nitrogen and oxygen atoms in total. The molecule has 0 atom stereocenters. The van der Waals surface area contributed by atoms with Crippen LogP contribution in [0.1, 0.15) is 6.42 Å². The van der Waals surface area contributed by atoms with Crippen molar-refractivity contribution < 1.29 is 13.2 Å². The fraction of sp³-hybridized carbons (Fsp3) is 0.133. The van der Waals surface area contributed by atoms with E-state index in [0.717, 1.165) is 0 Å². The summed E-state index contributed by atoms with van der Waals surface area (Å²) in [6, 6.07) is 17.1. The molecule has 0 aliphatic carbocycles. The minimum Gasteiger partial charge on any atom is -0.326 e. The summed E-state index contributed by atoms with van der Waals surface area (Å²) in [6.07, 6.45) is -0.0634. The number of hydrogen-bond acceptors (Lipinski definition) is 3. The molecule has 104 valence electrons. The maximum atomic E-state index is 12.0. The van der Waals surface area contributed by atoms with E-state index in [1.54, 1.807) is 42.5 Å². The van der Waals surface area contributed by atoms with Crippen LogP contribution in [0.3, 0.4) is 0 Å². The van der Waals surface area contributed by atoms with Gasteiger partial charge in [0.15, 0.2) is 9.84 Å². The van der Waals surface area contributed by atoms with Crippen molar-refractivity contribution in [2.75, 3.05) is 11.1 Å². The van der Waals surface area contributed by atoms with Crippen LogP contribution >= 0.6 is 0 Å². The summed E-state index contributed by atoms with van der Waals surface area (Å²) in [5, 5.41) is 2.66. The molecule has 2 aromatic carbocycles. The van der Waals surface area contributed by atoms with Crippen LogP contribution in [0, 0.1) is 0 Å². The third-order valence-electron chi connectivity index (χ3n) is 2.76. The van der Waals surface area contributed by atoms with Gasteiger partial charge >= 0.3 is 0 Å². The van der Waals surface area contributed by atoms with Gasteiger partial charge in [0, 0.05) is 12.1 Å². The number of nitrogens with one attached hydrogen (secondary N) is 1. The van der Waals surface area contributed by atoms with Crippen LogP contribution in [0.15, 0.2) is 65.6 Å². The summed E-state index contributed by atoms with van der Waals surface area (Å²) in [6.45, 7) is 0. The first kappa shape index (κ1) is 14.3. The van der Waals surface area contributed by atoms with Crippen LogP contribution in [0.4, 0.5) is 5.69 Å². The Balaban J connectivity index is 1.94. The average molecular weight is 289 g/mol. The van der Waals surface area contributed by atoms with E-state index < -0.39 is 9.84 Å². The second-order valence-corrected chi connectivity index (χ2v) is 6.41. The maximum absolute atomic E-state index is 12.0. The van der Waals surface area contributed by atoms with E-state index in [4.69, 9.17) is 0 Å². The van der Waals surface area contributed by atoms with Crippen LogP contribution in [0.2, 0.25) is 0 Å². The summed E-state index contributed by atoms with van der Waals surface area (Å²) in [5.74, 6) is -0.508. The molecule has 0 aliphatic rings. The first-order valence-corrected chi connectivity index (χ1v) is 7.86. The fourth-order valence-corrected chi connectivity index (χ4v) is 2.98. The molecule has 0 bridgehead atoms. The number of hydrogen-bond donors (Lipinski definition) is 1. The molecule has 0 aromatic heterocycles. The van der Waals surface area contributed by atoms with E-state index in [1.807, 2.05) is 6.07 Å². The molecule has 0 unspecified atom stereocenters. The van der Waals surface area contributed by atoms with Gasteiger partial charge in [0.05, 0.1) is 10.6 Å². The summed E-state index contributed by atoms with van der Waals surface area (Å²) in [7, 11) is -3.41. The fourth-order valence-electron chi connectivity index (χ4n) is 1.72. The van der Waals surface area contributed by atoms with Gasteiger partial charge in [0.25, 0.3) is 0 Å². The van der Waals surface area contributed by atoms with Crippen molar-refractivity contribution in [3.63, 3.8) is 0 Å². The highest BCUT2D eigenvalue weighted by molar-refractivity contribution is 7.91. The predicted molar refractivity (Wildman–Crippen MR) is 78.2 cm³/mol. The van der Waals surface area contributed by atoms with Crippen LogP contribution in [0.25, 0.3) is 0 Å². The van der Waals surface area contributed by atoms with Crippen LogP contribution < -0.4 is 5.32 Å². The number of benzene rings is 2. The van der Waals surface area contributed by atoms with Crippen molar-refractivity contribution in [2.45, 2.75) is 11.3 Å². The lowest BCUT2D eigenvalue weighted by atomic mass is 10.3. The molecule has 2 aromatic rings. The maximum Gasteiger partial charge on any atom is 0.225 e. The van der Waals surface area contributed by atoms with Gasteiger partial charge in [-0.3, -0.25) is 4.79 Å². The lowest BCUT2D eigenvalue weighted by Crippen LogP contribution is -2.17. The largest absolute Gasteiger partial charge is 0.326 e. The summed E-state index contributed by atoms with van der Waals surface area (Å²) < 4.78 is 24.0. The van der Waals surface area contributed by atoms with Gasteiger partial charge in [-0.15, -0.1) is 0 Å². The number of amides is 1. The third kappa shape index (κ3) is 3.93. The molecule has 2 rings (SSSR count). The van der Waals surface area contributed by atoms with E-state index in [9.17, 15) is 13.2 Å². The van der Waals surface area contributed by atoms with Crippen molar-refractivity contribution in [2.24, 2.45) is 0 Å². The molecule has 0 fully saturated rings. The molecular weight excluding hydrogens is 274 g/mol. The highest BCUT2D eigenvalue weighted by atomic mass is 32.2. The van der Waals surface area contributed by atoms with E-state index in [1.165, 1.54) is 12.1 Å². The van der Waals surface area contributed by atoms with E-state index in [2.05, 4.69) is 5.32 Å². The summed E-state index contributed by atoms with van der Waals surface area (Å²) in [4.78, 5) is 12.0. The Morgan fingerprint density at radius 2 is 1.45 bits per heavy atom. The number of carbonyl (C=O) groups excluding carboxylic acids is 1. The standard InChI is InChI=1S/C15H15NO3S/c17-15(16-13-7-3-1-4-8-13)11-12-20(18,19)14-9-5-2-6-10-14/h1-10H,11-12H2,(H,16,17). The number of sulfone groups is 1. The smallest absolute Gasteiger partial charge is 0.225 e. The average Bonchev–Trinajstić information content (AvgIpc) is 2.47. The Bertz CT molecular complexity index is 667. The second-order valence-electron chi connectivity index (χ2n) is 4.30. The molecular formula is C15H15NO3S. The summed E-state index contributed by atoms with van der Waals surface area (Å²) >= 11 is 0. The Hall–Kier alpha value is -2.14. The Morgan fingerprint density at radius 1 is 0.900 bits per heavy atom. The second kappa shape index (κ2) is 6.34. The SMILES string of the molecule is O=C(CCS(=O)(=O)c1ccccc1)Nc1ccccc1. The predicted octanol–water partition coefficient (Wildman–Crippen LogP) is 2.49. The zero-order chi connectivity index (χ0) is 14.4. The third-order valence-corrected chi connectivity index (χ3v) is 4.49. The van der Waals surface area contributed by atoms with Crippen molar-refractivity contribution in [3.05, 3.63) is 60.7 Å².